The van der Waals surface area contributed by atoms with Crippen LogP contribution in [0.4, 0.5) is 0 Å². The van der Waals surface area contributed by atoms with E-state index in [1.165, 1.54) is 88.0 Å². The molecule has 1 heterocycles. The predicted molar refractivity (Wildman–Crippen MR) is 233 cm³/mol. The number of fused-ring (bicyclic) bond motifs is 8. The first-order chi connectivity index (χ1) is 27.8. The van der Waals surface area contributed by atoms with E-state index < -0.39 is 5.41 Å². The average Bonchev–Trinajstić information content (AvgIpc) is 3.58. The van der Waals surface area contributed by atoms with E-state index >= 15 is 0 Å². The van der Waals surface area contributed by atoms with Crippen molar-refractivity contribution in [3.63, 3.8) is 0 Å². The molecule has 10 aromatic carbocycles. The highest BCUT2D eigenvalue weighted by atomic mass is 16.5. The van der Waals surface area contributed by atoms with E-state index in [0.717, 1.165) is 22.6 Å². The molecule has 0 unspecified atom stereocenters. The van der Waals surface area contributed by atoms with Crippen LogP contribution in [0.5, 0.6) is 11.5 Å². The van der Waals surface area contributed by atoms with Gasteiger partial charge < -0.3 is 4.74 Å². The molecule has 56 heavy (non-hydrogen) atoms. The lowest BCUT2D eigenvalue weighted by molar-refractivity contribution is 0.487. The Labute approximate surface area is 325 Å². The Balaban J connectivity index is 1.18. The summed E-state index contributed by atoms with van der Waals surface area (Å²) in [7, 11) is 0. The Kier molecular flexibility index (Phi) is 6.62. The van der Waals surface area contributed by atoms with E-state index in [1.807, 2.05) is 0 Å². The lowest BCUT2D eigenvalue weighted by Gasteiger charge is -2.35. The van der Waals surface area contributed by atoms with Crippen molar-refractivity contribution in [1.82, 2.24) is 0 Å². The largest absolute Gasteiger partial charge is 0.456 e. The van der Waals surface area contributed by atoms with Gasteiger partial charge in [0.2, 0.25) is 0 Å². The Bertz CT molecular complexity index is 3170. The summed E-state index contributed by atoms with van der Waals surface area (Å²) in [6.07, 6.45) is 0. The van der Waals surface area contributed by atoms with Crippen LogP contribution in [0.3, 0.4) is 0 Å². The van der Waals surface area contributed by atoms with Gasteiger partial charge in [0, 0.05) is 10.9 Å². The van der Waals surface area contributed by atoms with Gasteiger partial charge in [0.05, 0.1) is 5.41 Å². The van der Waals surface area contributed by atoms with Crippen molar-refractivity contribution in [2.45, 2.75) is 5.41 Å². The molecule has 0 spiro atoms. The van der Waals surface area contributed by atoms with Crippen LogP contribution in [-0.2, 0) is 5.41 Å². The molecule has 0 radical (unpaired) electrons. The quantitative estimate of drug-likeness (QED) is 0.177. The topological polar surface area (TPSA) is 9.23 Å². The van der Waals surface area contributed by atoms with Gasteiger partial charge in [0.1, 0.15) is 11.5 Å². The van der Waals surface area contributed by atoms with Gasteiger partial charge in [-0.3, -0.25) is 0 Å². The van der Waals surface area contributed by atoms with E-state index in [2.05, 4.69) is 206 Å². The van der Waals surface area contributed by atoms with Crippen molar-refractivity contribution in [2.75, 3.05) is 0 Å². The molecule has 1 nitrogen and oxygen atoms in total. The zero-order valence-electron chi connectivity index (χ0n) is 30.5. The summed E-state index contributed by atoms with van der Waals surface area (Å²) >= 11 is 0. The normalized spacial score (nSPS) is 13.3. The summed E-state index contributed by atoms with van der Waals surface area (Å²) in [6.45, 7) is 0. The highest BCUT2D eigenvalue weighted by molar-refractivity contribution is 6.09. The van der Waals surface area contributed by atoms with Crippen LogP contribution in [-0.4, -0.2) is 0 Å². The zero-order valence-corrected chi connectivity index (χ0v) is 30.5. The van der Waals surface area contributed by atoms with Crippen LogP contribution in [0.2, 0.25) is 0 Å². The maximum atomic E-state index is 6.53. The molecule has 0 aromatic heterocycles. The number of benzene rings is 10. The molecule has 1 heteroatoms. The number of hydrogen-bond acceptors (Lipinski definition) is 1. The van der Waals surface area contributed by atoms with Gasteiger partial charge in [-0.05, 0) is 125 Å². The fraction of sp³-hybridized carbons (Fsp3) is 0.0182. The van der Waals surface area contributed by atoms with Gasteiger partial charge in [0.15, 0.2) is 0 Å². The second-order valence-corrected chi connectivity index (χ2v) is 15.2. The summed E-state index contributed by atoms with van der Waals surface area (Å²) in [5.74, 6) is 1.81. The predicted octanol–water partition coefficient (Wildman–Crippen LogP) is 14.6. The molecule has 2 aliphatic rings. The molecule has 0 N–H and O–H groups in total. The van der Waals surface area contributed by atoms with E-state index in [-0.39, 0.29) is 0 Å². The van der Waals surface area contributed by atoms with Gasteiger partial charge in [-0.15, -0.1) is 0 Å². The molecule has 0 atom stereocenters. The molecule has 0 saturated carbocycles. The maximum absolute atomic E-state index is 6.53. The van der Waals surface area contributed by atoms with Crippen molar-refractivity contribution >= 4 is 32.3 Å². The molecular weight excluding hydrogens is 677 g/mol. The fourth-order valence-corrected chi connectivity index (χ4v) is 9.87. The molecule has 0 saturated heterocycles. The smallest absolute Gasteiger partial charge is 0.135 e. The zero-order chi connectivity index (χ0) is 36.8. The SMILES string of the molecule is c1ccc(C2(c3ccccc3)c3cc(-c4ccc5c(c4)-c4cccc6cccc(c46)O5)ccc3-c3c2c(-c2ccc4ccccc4c2)cc2ccccc32)cc1. The van der Waals surface area contributed by atoms with Crippen LogP contribution in [0.15, 0.2) is 206 Å². The van der Waals surface area contributed by atoms with Crippen LogP contribution in [0, 0.1) is 0 Å². The van der Waals surface area contributed by atoms with Crippen LogP contribution in [0.25, 0.3) is 76.8 Å². The minimum atomic E-state index is -0.601. The summed E-state index contributed by atoms with van der Waals surface area (Å²) in [4.78, 5) is 0. The molecular formula is C55H34O. The summed E-state index contributed by atoms with van der Waals surface area (Å²) in [5, 5.41) is 7.36. The molecule has 1 aliphatic carbocycles. The van der Waals surface area contributed by atoms with Crippen molar-refractivity contribution < 1.29 is 4.74 Å². The molecule has 0 amide bonds. The fourth-order valence-electron chi connectivity index (χ4n) is 9.87. The first-order valence-corrected chi connectivity index (χ1v) is 19.4. The Morgan fingerprint density at radius 1 is 0.339 bits per heavy atom. The first-order valence-electron chi connectivity index (χ1n) is 19.4. The maximum Gasteiger partial charge on any atom is 0.135 e. The van der Waals surface area contributed by atoms with Gasteiger partial charge in [-0.25, -0.2) is 0 Å². The van der Waals surface area contributed by atoms with Crippen molar-refractivity contribution in [1.29, 1.82) is 0 Å². The highest BCUT2D eigenvalue weighted by Crippen LogP contribution is 2.61. The van der Waals surface area contributed by atoms with Gasteiger partial charge in [0.25, 0.3) is 0 Å². The monoisotopic (exact) mass is 710 g/mol. The third-order valence-corrected chi connectivity index (χ3v) is 12.3. The second-order valence-electron chi connectivity index (χ2n) is 15.2. The standard InChI is InChI=1S/C55H34O/c1-3-18-42(19-4-1)55(43-20-5-2-6-21-43)49-34-39(38-28-30-50-48(32-38)45-23-11-16-36-17-12-24-51(56-50)52(36)45)27-29-46(49)53-44-22-10-9-15-40(44)33-47(54(53)55)41-26-25-35-13-7-8-14-37(35)31-41/h1-34H. The summed E-state index contributed by atoms with van der Waals surface area (Å²) in [5.41, 5.74) is 14.3. The van der Waals surface area contributed by atoms with Crippen molar-refractivity contribution in [3.05, 3.63) is 229 Å². The van der Waals surface area contributed by atoms with Gasteiger partial charge >= 0.3 is 0 Å². The lowest BCUT2D eigenvalue weighted by atomic mass is 9.65. The second kappa shape index (κ2) is 11.9. The number of hydrogen-bond donors (Lipinski definition) is 0. The minimum Gasteiger partial charge on any atom is -0.456 e. The molecule has 10 aromatic rings. The van der Waals surface area contributed by atoms with Crippen molar-refractivity contribution in [2.24, 2.45) is 0 Å². The highest BCUT2D eigenvalue weighted by Gasteiger charge is 2.48. The number of ether oxygens (including phenoxy) is 1. The van der Waals surface area contributed by atoms with E-state index in [9.17, 15) is 0 Å². The van der Waals surface area contributed by atoms with Crippen LogP contribution < -0.4 is 4.74 Å². The van der Waals surface area contributed by atoms with Crippen LogP contribution in [0.1, 0.15) is 22.3 Å². The minimum absolute atomic E-state index is 0.601. The van der Waals surface area contributed by atoms with E-state index in [1.54, 1.807) is 0 Å². The third-order valence-electron chi connectivity index (χ3n) is 12.3. The van der Waals surface area contributed by atoms with Crippen LogP contribution >= 0.6 is 0 Å². The van der Waals surface area contributed by atoms with E-state index in [0.29, 0.717) is 0 Å². The van der Waals surface area contributed by atoms with E-state index in [4.69, 9.17) is 4.74 Å². The molecule has 0 fully saturated rings. The Morgan fingerprint density at radius 3 is 1.79 bits per heavy atom. The Hall–Kier alpha value is -7.22. The summed E-state index contributed by atoms with van der Waals surface area (Å²) < 4.78 is 6.53. The third kappa shape index (κ3) is 4.37. The summed E-state index contributed by atoms with van der Waals surface area (Å²) in [6, 6.07) is 76.1. The average molecular weight is 711 g/mol. The molecule has 0 bridgehead atoms. The molecule has 12 rings (SSSR count). The molecule has 1 aliphatic heterocycles. The van der Waals surface area contributed by atoms with Crippen molar-refractivity contribution in [3.8, 4) is 56.0 Å². The number of rotatable bonds is 4. The lowest BCUT2D eigenvalue weighted by Crippen LogP contribution is -2.29. The Morgan fingerprint density at radius 2 is 0.982 bits per heavy atom. The van der Waals surface area contributed by atoms with Gasteiger partial charge in [-0.2, -0.15) is 0 Å². The molecule has 260 valence electrons. The van der Waals surface area contributed by atoms with Gasteiger partial charge in [-0.1, -0.05) is 170 Å². The first kappa shape index (κ1) is 31.2.